The molecular weight excluding hydrogens is 437 g/mol. The van der Waals surface area contributed by atoms with E-state index in [1.165, 1.54) is 18.4 Å². The molecule has 1 aromatic carbocycles. The minimum atomic E-state index is -1.08. The molecule has 0 saturated heterocycles. The van der Waals surface area contributed by atoms with E-state index >= 15 is 0 Å². The second kappa shape index (κ2) is 9.55. The number of esters is 2. The number of nitrogens with one attached hydrogen (secondary N) is 1. The number of hydrogen-bond acceptors (Lipinski definition) is 7. The third-order valence-electron chi connectivity index (χ3n) is 3.81. The minimum Gasteiger partial charge on any atom is -0.464 e. The zero-order valence-electron chi connectivity index (χ0n) is 15.6. The van der Waals surface area contributed by atoms with Crippen LogP contribution in [0.1, 0.15) is 27.6 Å². The van der Waals surface area contributed by atoms with Crippen LogP contribution < -0.4 is 5.32 Å². The van der Waals surface area contributed by atoms with E-state index < -0.39 is 35.8 Å². The topological polar surface area (TPSA) is 94.8 Å². The van der Waals surface area contributed by atoms with Gasteiger partial charge in [0, 0.05) is 10.9 Å². The van der Waals surface area contributed by atoms with Crippen LogP contribution >= 0.6 is 22.9 Å². The van der Waals surface area contributed by atoms with Gasteiger partial charge in [-0.2, -0.15) is 0 Å². The number of hydrogen-bond donors (Lipinski definition) is 1. The van der Waals surface area contributed by atoms with Gasteiger partial charge >= 0.3 is 11.9 Å². The molecule has 0 unspecified atom stereocenters. The van der Waals surface area contributed by atoms with E-state index in [9.17, 15) is 18.8 Å². The second-order valence-electron chi connectivity index (χ2n) is 5.77. The molecular formula is C20H15ClFNO6S. The summed E-state index contributed by atoms with van der Waals surface area (Å²) in [4.78, 5) is 36.7. The molecule has 0 fully saturated rings. The number of furan rings is 1. The fourth-order valence-corrected chi connectivity index (χ4v) is 3.72. The summed E-state index contributed by atoms with van der Waals surface area (Å²) in [7, 11) is 0. The van der Waals surface area contributed by atoms with Gasteiger partial charge in [-0.25, -0.2) is 14.0 Å². The van der Waals surface area contributed by atoms with Crippen LogP contribution in [0, 0.1) is 5.82 Å². The Balaban J connectivity index is 1.74. The minimum absolute atomic E-state index is 0.119. The highest BCUT2D eigenvalue weighted by atomic mass is 35.5. The Morgan fingerprint density at radius 1 is 1.13 bits per heavy atom. The number of carbonyl (C=O) groups is 3. The lowest BCUT2D eigenvalue weighted by Crippen LogP contribution is -2.22. The lowest BCUT2D eigenvalue weighted by molar-refractivity contribution is -0.119. The van der Waals surface area contributed by atoms with Crippen LogP contribution in [0.5, 0.6) is 0 Å². The smallest absolute Gasteiger partial charge is 0.343 e. The molecule has 2 heterocycles. The summed E-state index contributed by atoms with van der Waals surface area (Å²) in [5.74, 6) is -2.89. The van der Waals surface area contributed by atoms with Gasteiger partial charge in [-0.1, -0.05) is 17.7 Å². The van der Waals surface area contributed by atoms with Crippen molar-refractivity contribution in [2.75, 3.05) is 18.5 Å². The van der Waals surface area contributed by atoms with Crippen LogP contribution in [0.3, 0.4) is 0 Å². The molecule has 0 saturated carbocycles. The van der Waals surface area contributed by atoms with Gasteiger partial charge in [0.05, 0.1) is 17.9 Å². The van der Waals surface area contributed by atoms with Crippen molar-refractivity contribution in [1.29, 1.82) is 0 Å². The molecule has 3 aromatic rings. The normalized spacial score (nSPS) is 10.5. The Morgan fingerprint density at radius 2 is 1.90 bits per heavy atom. The van der Waals surface area contributed by atoms with E-state index in [1.807, 2.05) is 0 Å². The summed E-state index contributed by atoms with van der Waals surface area (Å²) >= 11 is 6.88. The first-order valence-electron chi connectivity index (χ1n) is 8.65. The van der Waals surface area contributed by atoms with Crippen LogP contribution in [0.25, 0.3) is 11.3 Å². The number of ether oxygens (including phenoxy) is 2. The monoisotopic (exact) mass is 451 g/mol. The number of carbonyl (C=O) groups excluding carboxylic acids is 3. The van der Waals surface area contributed by atoms with E-state index in [2.05, 4.69) is 5.32 Å². The number of amides is 1. The van der Waals surface area contributed by atoms with Crippen LogP contribution in [-0.4, -0.2) is 31.1 Å². The van der Waals surface area contributed by atoms with E-state index in [1.54, 1.807) is 24.4 Å². The average molecular weight is 452 g/mol. The molecule has 1 N–H and O–H groups in total. The number of rotatable bonds is 7. The van der Waals surface area contributed by atoms with Crippen molar-refractivity contribution in [3.05, 3.63) is 63.9 Å². The standard InChI is InChI=1S/C20H15ClFNO6S/c1-2-27-19(25)16-11(14-7-4-8-28-14)10-30-18(16)23-15(24)9-29-20(26)17-12(21)5-3-6-13(17)22/h3-8,10H,2,9H2,1H3,(H,23,24). The van der Waals surface area contributed by atoms with Gasteiger partial charge in [0.1, 0.15) is 27.7 Å². The van der Waals surface area contributed by atoms with Crippen molar-refractivity contribution in [1.82, 2.24) is 0 Å². The number of anilines is 1. The van der Waals surface area contributed by atoms with Gasteiger partial charge < -0.3 is 19.2 Å². The Hall–Kier alpha value is -3.17. The molecule has 7 nitrogen and oxygen atoms in total. The summed E-state index contributed by atoms with van der Waals surface area (Å²) in [6, 6.07) is 7.04. The van der Waals surface area contributed by atoms with Crippen molar-refractivity contribution in [3.8, 4) is 11.3 Å². The maximum atomic E-state index is 13.8. The van der Waals surface area contributed by atoms with Gasteiger partial charge in [0.25, 0.3) is 5.91 Å². The van der Waals surface area contributed by atoms with Gasteiger partial charge in [-0.3, -0.25) is 4.79 Å². The van der Waals surface area contributed by atoms with E-state index in [-0.39, 0.29) is 22.2 Å². The largest absolute Gasteiger partial charge is 0.464 e. The zero-order valence-corrected chi connectivity index (χ0v) is 17.1. The van der Waals surface area contributed by atoms with Crippen molar-refractivity contribution in [3.63, 3.8) is 0 Å². The molecule has 2 aromatic heterocycles. The van der Waals surface area contributed by atoms with E-state index in [0.717, 1.165) is 17.4 Å². The second-order valence-corrected chi connectivity index (χ2v) is 7.06. The van der Waals surface area contributed by atoms with Crippen molar-refractivity contribution in [2.24, 2.45) is 0 Å². The van der Waals surface area contributed by atoms with E-state index in [0.29, 0.717) is 11.3 Å². The number of benzene rings is 1. The fraction of sp³-hybridized carbons (Fsp3) is 0.150. The maximum Gasteiger partial charge on any atom is 0.343 e. The molecule has 30 heavy (non-hydrogen) atoms. The first kappa shape index (κ1) is 21.5. The zero-order chi connectivity index (χ0) is 21.7. The first-order valence-corrected chi connectivity index (χ1v) is 9.91. The summed E-state index contributed by atoms with van der Waals surface area (Å²) in [5, 5.41) is 4.20. The Morgan fingerprint density at radius 3 is 2.57 bits per heavy atom. The van der Waals surface area contributed by atoms with E-state index in [4.69, 9.17) is 25.5 Å². The highest BCUT2D eigenvalue weighted by Gasteiger charge is 2.25. The third-order valence-corrected chi connectivity index (χ3v) is 5.02. The summed E-state index contributed by atoms with van der Waals surface area (Å²) < 4.78 is 29.0. The molecule has 3 rings (SSSR count). The van der Waals surface area contributed by atoms with Crippen LogP contribution in [0.2, 0.25) is 5.02 Å². The Bertz CT molecular complexity index is 1060. The molecule has 0 aliphatic rings. The Kier molecular flexibility index (Phi) is 6.86. The Labute approximate surface area is 179 Å². The molecule has 0 aliphatic heterocycles. The molecule has 0 radical (unpaired) electrons. The third kappa shape index (κ3) is 4.69. The van der Waals surface area contributed by atoms with Gasteiger partial charge in [-0.15, -0.1) is 11.3 Å². The van der Waals surface area contributed by atoms with Crippen molar-refractivity contribution >= 4 is 45.8 Å². The SMILES string of the molecule is CCOC(=O)c1c(-c2ccco2)csc1NC(=O)COC(=O)c1c(F)cccc1Cl. The maximum absolute atomic E-state index is 13.8. The van der Waals surface area contributed by atoms with Gasteiger partial charge in [-0.05, 0) is 31.2 Å². The molecule has 156 valence electrons. The number of thiophene rings is 1. The lowest BCUT2D eigenvalue weighted by atomic mass is 10.1. The highest BCUT2D eigenvalue weighted by molar-refractivity contribution is 7.15. The molecule has 1 amide bonds. The molecule has 0 bridgehead atoms. The fourth-order valence-electron chi connectivity index (χ4n) is 2.53. The molecule has 0 atom stereocenters. The summed E-state index contributed by atoms with van der Waals surface area (Å²) in [6.45, 7) is 1.09. The van der Waals surface area contributed by atoms with Crippen LogP contribution in [-0.2, 0) is 14.3 Å². The van der Waals surface area contributed by atoms with Crippen LogP contribution in [0.4, 0.5) is 9.39 Å². The average Bonchev–Trinajstić information content (AvgIpc) is 3.36. The first-order chi connectivity index (χ1) is 14.4. The predicted molar refractivity (Wildman–Crippen MR) is 108 cm³/mol. The summed E-state index contributed by atoms with van der Waals surface area (Å²) in [6.07, 6.45) is 1.45. The van der Waals surface area contributed by atoms with Gasteiger partial charge in [0.2, 0.25) is 0 Å². The molecule has 0 spiro atoms. The molecule has 10 heteroatoms. The summed E-state index contributed by atoms with van der Waals surface area (Å²) in [5.41, 5.74) is 0.109. The quantitative estimate of drug-likeness (QED) is 0.520. The predicted octanol–water partition coefficient (Wildman–Crippen LogP) is 4.77. The van der Waals surface area contributed by atoms with Gasteiger partial charge in [0.15, 0.2) is 6.61 Å². The highest BCUT2D eigenvalue weighted by Crippen LogP contribution is 2.36. The number of halogens is 2. The van der Waals surface area contributed by atoms with Crippen molar-refractivity contribution in [2.45, 2.75) is 6.92 Å². The van der Waals surface area contributed by atoms with Crippen LogP contribution in [0.15, 0.2) is 46.4 Å². The van der Waals surface area contributed by atoms with Crippen molar-refractivity contribution < 1.29 is 32.7 Å². The molecule has 0 aliphatic carbocycles. The lowest BCUT2D eigenvalue weighted by Gasteiger charge is -2.09.